The van der Waals surface area contributed by atoms with Gasteiger partial charge < -0.3 is 4.90 Å². The van der Waals surface area contributed by atoms with Crippen molar-refractivity contribution in [3.05, 3.63) is 54.1 Å². The fourth-order valence-electron chi connectivity index (χ4n) is 2.23. The number of azo groups is 1. The Bertz CT molecular complexity index is 995. The van der Waals surface area contributed by atoms with Gasteiger partial charge in [0.25, 0.3) is 0 Å². The van der Waals surface area contributed by atoms with Crippen molar-refractivity contribution in [2.75, 3.05) is 19.0 Å². The number of aromatic nitrogens is 1. The molecule has 0 bridgehead atoms. The third-order valence-electron chi connectivity index (χ3n) is 3.74. The number of aryl methyl sites for hydroxylation is 1. The van der Waals surface area contributed by atoms with Gasteiger partial charge >= 0.3 is 0 Å². The molecule has 0 fully saturated rings. The SMILES string of the molecule is C=Cc1ccc2nc(N=Nc3ccc(N(C)C)cc3C)sc2c1.CCC#N. The van der Waals surface area contributed by atoms with Gasteiger partial charge in [0.1, 0.15) is 0 Å². The van der Waals surface area contributed by atoms with Gasteiger partial charge in [-0.25, -0.2) is 4.98 Å². The van der Waals surface area contributed by atoms with Gasteiger partial charge in [-0.3, -0.25) is 0 Å². The summed E-state index contributed by atoms with van der Waals surface area (Å²) in [6, 6.07) is 14.1. The maximum atomic E-state index is 7.62. The summed E-state index contributed by atoms with van der Waals surface area (Å²) in [6.45, 7) is 7.65. The van der Waals surface area contributed by atoms with E-state index in [4.69, 9.17) is 5.26 Å². The number of hydrogen-bond donors (Lipinski definition) is 0. The predicted octanol–water partition coefficient (Wildman–Crippen LogP) is 6.65. The van der Waals surface area contributed by atoms with E-state index in [1.807, 2.05) is 64.4 Å². The van der Waals surface area contributed by atoms with Crippen molar-refractivity contribution < 1.29 is 0 Å². The zero-order valence-corrected chi connectivity index (χ0v) is 16.9. The normalized spacial score (nSPS) is 10.3. The second kappa shape index (κ2) is 9.60. The van der Waals surface area contributed by atoms with E-state index in [2.05, 4.69) is 38.8 Å². The molecule has 0 N–H and O–H groups in total. The molecule has 0 aliphatic carbocycles. The molecule has 0 saturated carbocycles. The molecule has 0 radical (unpaired) electrons. The monoisotopic (exact) mass is 377 g/mol. The Hall–Kier alpha value is -3.04. The molecular formula is C21H23N5S. The maximum Gasteiger partial charge on any atom is 0.231 e. The van der Waals surface area contributed by atoms with E-state index in [1.54, 1.807) is 0 Å². The van der Waals surface area contributed by atoms with E-state index in [1.165, 1.54) is 11.3 Å². The van der Waals surface area contributed by atoms with E-state index in [9.17, 15) is 0 Å². The molecule has 0 aliphatic heterocycles. The van der Waals surface area contributed by atoms with Crippen molar-refractivity contribution in [2.45, 2.75) is 20.3 Å². The zero-order valence-electron chi connectivity index (χ0n) is 16.1. The van der Waals surface area contributed by atoms with Crippen molar-refractivity contribution >= 4 is 44.1 Å². The van der Waals surface area contributed by atoms with Gasteiger partial charge in [-0.15, -0.1) is 10.2 Å². The molecule has 0 aliphatic rings. The topological polar surface area (TPSA) is 64.6 Å². The van der Waals surface area contributed by atoms with Crippen LogP contribution in [0.1, 0.15) is 24.5 Å². The van der Waals surface area contributed by atoms with Crippen molar-refractivity contribution in [1.82, 2.24) is 4.98 Å². The Morgan fingerprint density at radius 3 is 2.56 bits per heavy atom. The molecule has 0 unspecified atom stereocenters. The van der Waals surface area contributed by atoms with Crippen LogP contribution < -0.4 is 4.90 Å². The molecule has 0 spiro atoms. The standard InChI is InChI=1S/C18H18N4S.C3H5N/c1-5-13-6-8-16-17(11-13)23-18(19-16)21-20-15-9-7-14(22(3)4)10-12(15)2;1-2-3-4/h5-11H,1H2,2-4H3;2H2,1H3. The molecule has 3 aromatic rings. The van der Waals surface area contributed by atoms with E-state index in [0.29, 0.717) is 11.6 Å². The highest BCUT2D eigenvalue weighted by molar-refractivity contribution is 7.21. The molecule has 138 valence electrons. The Labute approximate surface area is 164 Å². The third kappa shape index (κ3) is 5.47. The van der Waals surface area contributed by atoms with Crippen molar-refractivity contribution in [3.63, 3.8) is 0 Å². The number of thiazole rings is 1. The van der Waals surface area contributed by atoms with Gasteiger partial charge in [-0.1, -0.05) is 37.0 Å². The van der Waals surface area contributed by atoms with E-state index in [-0.39, 0.29) is 0 Å². The van der Waals surface area contributed by atoms with Crippen LogP contribution in [0.2, 0.25) is 0 Å². The summed E-state index contributed by atoms with van der Waals surface area (Å²) in [5.74, 6) is 0. The van der Waals surface area contributed by atoms with Gasteiger partial charge in [0.2, 0.25) is 5.13 Å². The highest BCUT2D eigenvalue weighted by Crippen LogP contribution is 2.31. The highest BCUT2D eigenvalue weighted by atomic mass is 32.1. The third-order valence-corrected chi connectivity index (χ3v) is 4.64. The molecule has 2 aromatic carbocycles. The quantitative estimate of drug-likeness (QED) is 0.478. The molecule has 5 nitrogen and oxygen atoms in total. The lowest BCUT2D eigenvalue weighted by molar-refractivity contribution is 1.12. The van der Waals surface area contributed by atoms with Crippen LogP contribution in [0.4, 0.5) is 16.5 Å². The number of nitriles is 1. The molecule has 1 heterocycles. The summed E-state index contributed by atoms with van der Waals surface area (Å²) in [6.07, 6.45) is 2.45. The van der Waals surface area contributed by atoms with Crippen LogP contribution in [0, 0.1) is 18.3 Å². The minimum Gasteiger partial charge on any atom is -0.378 e. The molecule has 0 amide bonds. The maximum absolute atomic E-state index is 7.62. The van der Waals surface area contributed by atoms with E-state index in [0.717, 1.165) is 32.7 Å². The molecule has 6 heteroatoms. The summed E-state index contributed by atoms with van der Waals surface area (Å²) in [7, 11) is 4.04. The minimum atomic E-state index is 0.625. The van der Waals surface area contributed by atoms with Crippen LogP contribution in [0.5, 0.6) is 0 Å². The highest BCUT2D eigenvalue weighted by Gasteiger charge is 2.04. The lowest BCUT2D eigenvalue weighted by atomic mass is 10.2. The van der Waals surface area contributed by atoms with Crippen molar-refractivity contribution in [1.29, 1.82) is 5.26 Å². The summed E-state index contributed by atoms with van der Waals surface area (Å²) in [4.78, 5) is 6.56. The average Bonchev–Trinajstić information content (AvgIpc) is 3.08. The smallest absolute Gasteiger partial charge is 0.231 e. The lowest BCUT2D eigenvalue weighted by Crippen LogP contribution is -2.08. The summed E-state index contributed by atoms with van der Waals surface area (Å²) >= 11 is 1.53. The Balaban J connectivity index is 0.000000596. The van der Waals surface area contributed by atoms with Crippen LogP contribution in [0.15, 0.2) is 53.2 Å². The van der Waals surface area contributed by atoms with Gasteiger partial charge in [0.05, 0.1) is 22.0 Å². The summed E-state index contributed by atoms with van der Waals surface area (Å²) in [5.41, 5.74) is 5.13. The van der Waals surface area contributed by atoms with Crippen LogP contribution in [0.25, 0.3) is 16.3 Å². The van der Waals surface area contributed by atoms with Crippen LogP contribution in [0.3, 0.4) is 0 Å². The Morgan fingerprint density at radius 2 is 1.96 bits per heavy atom. The lowest BCUT2D eigenvalue weighted by Gasteiger charge is -2.13. The number of nitrogens with zero attached hydrogens (tertiary/aromatic N) is 5. The Morgan fingerprint density at radius 1 is 1.22 bits per heavy atom. The van der Waals surface area contributed by atoms with Gasteiger partial charge in [0, 0.05) is 26.2 Å². The second-order valence-corrected chi connectivity index (χ2v) is 7.01. The number of anilines is 1. The second-order valence-electron chi connectivity index (χ2n) is 6.00. The summed E-state index contributed by atoms with van der Waals surface area (Å²) in [5, 5.41) is 16.9. The number of fused-ring (bicyclic) bond motifs is 1. The Kier molecular flexibility index (Phi) is 7.21. The molecule has 0 atom stereocenters. The van der Waals surface area contributed by atoms with Crippen LogP contribution >= 0.6 is 11.3 Å². The molecule has 27 heavy (non-hydrogen) atoms. The molecule has 3 rings (SSSR count). The van der Waals surface area contributed by atoms with Crippen LogP contribution in [-0.4, -0.2) is 19.1 Å². The number of benzene rings is 2. The van der Waals surface area contributed by atoms with Gasteiger partial charge in [0.15, 0.2) is 0 Å². The first kappa shape index (κ1) is 20.3. The van der Waals surface area contributed by atoms with Crippen LogP contribution in [-0.2, 0) is 0 Å². The zero-order chi connectivity index (χ0) is 19.8. The van der Waals surface area contributed by atoms with Gasteiger partial charge in [-0.05, 0) is 48.4 Å². The van der Waals surface area contributed by atoms with Crippen molar-refractivity contribution in [2.24, 2.45) is 10.2 Å². The first-order valence-corrected chi connectivity index (χ1v) is 9.39. The first-order valence-electron chi connectivity index (χ1n) is 8.58. The molecule has 0 saturated heterocycles. The molecule has 1 aromatic heterocycles. The van der Waals surface area contributed by atoms with Gasteiger partial charge in [-0.2, -0.15) is 5.26 Å². The molecular weight excluding hydrogens is 354 g/mol. The van der Waals surface area contributed by atoms with Crippen molar-refractivity contribution in [3.8, 4) is 6.07 Å². The van der Waals surface area contributed by atoms with E-state index < -0.39 is 0 Å². The first-order chi connectivity index (χ1) is 13.0. The number of rotatable bonds is 4. The largest absolute Gasteiger partial charge is 0.378 e. The fourth-order valence-corrected chi connectivity index (χ4v) is 3.06. The summed E-state index contributed by atoms with van der Waals surface area (Å²) < 4.78 is 1.09. The van der Waals surface area contributed by atoms with E-state index >= 15 is 0 Å². The fraction of sp³-hybridized carbons (Fsp3) is 0.238. The predicted molar refractivity (Wildman–Crippen MR) is 115 cm³/mol. The minimum absolute atomic E-state index is 0.625. The average molecular weight is 378 g/mol. The number of hydrogen-bond acceptors (Lipinski definition) is 6.